The van der Waals surface area contributed by atoms with Crippen LogP contribution in [-0.2, 0) is 9.13 Å². The molecule has 6 nitrogen and oxygen atoms in total. The summed E-state index contributed by atoms with van der Waals surface area (Å²) in [4.78, 5) is 33.0. The van der Waals surface area contributed by atoms with Crippen LogP contribution in [0, 0.1) is 0 Å². The molecule has 0 aliphatic heterocycles. The number of rotatable bonds is 2. The second kappa shape index (κ2) is 4.70. The SMILES string of the molecule is CC(P(=O)(O)O)P(=O)(O)O.[CaH2]. The Morgan fingerprint density at radius 2 is 1.18 bits per heavy atom. The molecule has 0 bridgehead atoms. The second-order valence-electron chi connectivity index (χ2n) is 1.81. The molecule has 11 heavy (non-hydrogen) atoms. The van der Waals surface area contributed by atoms with E-state index in [9.17, 15) is 9.13 Å². The van der Waals surface area contributed by atoms with Crippen LogP contribution in [0.25, 0.3) is 0 Å². The van der Waals surface area contributed by atoms with Crippen LogP contribution in [0.3, 0.4) is 0 Å². The first kappa shape index (κ1) is 15.1. The van der Waals surface area contributed by atoms with Crippen LogP contribution in [0.15, 0.2) is 0 Å². The molecule has 0 aliphatic rings. The van der Waals surface area contributed by atoms with E-state index >= 15 is 0 Å². The van der Waals surface area contributed by atoms with Gasteiger partial charge in [-0.05, 0) is 6.92 Å². The Morgan fingerprint density at radius 1 is 1.00 bits per heavy atom. The van der Waals surface area contributed by atoms with Crippen molar-refractivity contribution >= 4 is 52.9 Å². The Kier molecular flexibility index (Phi) is 6.43. The van der Waals surface area contributed by atoms with Gasteiger partial charge >= 0.3 is 52.9 Å². The van der Waals surface area contributed by atoms with Gasteiger partial charge in [-0.3, -0.25) is 9.13 Å². The molecule has 66 valence electrons. The van der Waals surface area contributed by atoms with Crippen molar-refractivity contribution in [3.8, 4) is 0 Å². The minimum atomic E-state index is -4.64. The average molecular weight is 232 g/mol. The fourth-order valence-electron chi connectivity index (χ4n) is 0.196. The van der Waals surface area contributed by atoms with Gasteiger partial charge in [0.25, 0.3) is 0 Å². The third kappa shape index (κ3) is 5.75. The molecule has 0 unspecified atom stereocenters. The third-order valence-electron chi connectivity index (χ3n) is 0.974. The van der Waals surface area contributed by atoms with Crippen molar-refractivity contribution in [1.29, 1.82) is 0 Å². The monoisotopic (exact) mass is 232 g/mol. The summed E-state index contributed by atoms with van der Waals surface area (Å²) in [6.45, 7) is 0.807. The molecule has 0 fully saturated rings. The van der Waals surface area contributed by atoms with Crippen LogP contribution in [0.1, 0.15) is 6.92 Å². The van der Waals surface area contributed by atoms with Gasteiger partial charge in [-0.25, -0.2) is 0 Å². The molecule has 0 aliphatic carbocycles. The molecular formula is C2H10CaO6P2. The van der Waals surface area contributed by atoms with E-state index in [1.165, 1.54) is 0 Å². The molecule has 0 saturated heterocycles. The summed E-state index contributed by atoms with van der Waals surface area (Å²) >= 11 is 0. The van der Waals surface area contributed by atoms with Gasteiger partial charge in [-0.2, -0.15) is 0 Å². The topological polar surface area (TPSA) is 115 Å². The predicted octanol–water partition coefficient (Wildman–Crippen LogP) is -1.23. The van der Waals surface area contributed by atoms with E-state index in [0.29, 0.717) is 0 Å². The first-order valence-corrected chi connectivity index (χ1v) is 5.62. The van der Waals surface area contributed by atoms with E-state index in [4.69, 9.17) is 19.6 Å². The van der Waals surface area contributed by atoms with Crippen LogP contribution < -0.4 is 0 Å². The van der Waals surface area contributed by atoms with E-state index < -0.39 is 20.6 Å². The van der Waals surface area contributed by atoms with Crippen LogP contribution >= 0.6 is 15.2 Å². The fourth-order valence-corrected chi connectivity index (χ4v) is 1.76. The van der Waals surface area contributed by atoms with Crippen LogP contribution in [0.2, 0.25) is 0 Å². The number of hydrogen-bond acceptors (Lipinski definition) is 2. The van der Waals surface area contributed by atoms with Gasteiger partial charge in [0.05, 0.1) is 0 Å². The molecule has 4 N–H and O–H groups in total. The van der Waals surface area contributed by atoms with Gasteiger partial charge in [-0.1, -0.05) is 0 Å². The molecule has 0 rings (SSSR count). The van der Waals surface area contributed by atoms with Crippen molar-refractivity contribution in [3.63, 3.8) is 0 Å². The first-order valence-electron chi connectivity index (χ1n) is 2.26. The summed E-state index contributed by atoms with van der Waals surface area (Å²) in [6, 6.07) is 0. The van der Waals surface area contributed by atoms with Crippen LogP contribution in [0.4, 0.5) is 0 Å². The summed E-state index contributed by atoms with van der Waals surface area (Å²) in [6.07, 6.45) is 0. The van der Waals surface area contributed by atoms with Crippen LogP contribution in [-0.4, -0.2) is 62.7 Å². The van der Waals surface area contributed by atoms with E-state index in [-0.39, 0.29) is 37.7 Å². The molecule has 0 aromatic heterocycles. The average Bonchev–Trinajstić information content (AvgIpc) is 1.59. The Morgan fingerprint density at radius 3 is 1.18 bits per heavy atom. The van der Waals surface area contributed by atoms with Gasteiger partial charge in [0.2, 0.25) is 0 Å². The molecule has 9 heteroatoms. The Labute approximate surface area is 93.3 Å². The summed E-state index contributed by atoms with van der Waals surface area (Å²) < 4.78 is 20.4. The number of hydrogen-bond donors (Lipinski definition) is 4. The van der Waals surface area contributed by atoms with Gasteiger partial charge in [-0.15, -0.1) is 0 Å². The molecule has 0 heterocycles. The van der Waals surface area contributed by atoms with E-state index in [1.807, 2.05) is 0 Å². The summed E-state index contributed by atoms with van der Waals surface area (Å²) in [5.74, 6) is 0. The van der Waals surface area contributed by atoms with Gasteiger partial charge in [0, 0.05) is 0 Å². The molecule has 0 atom stereocenters. The molecule has 0 spiro atoms. The molecule has 0 saturated carbocycles. The quantitative estimate of drug-likeness (QED) is 0.350. The Hall–Kier alpha value is 1.56. The van der Waals surface area contributed by atoms with E-state index in [2.05, 4.69) is 0 Å². The summed E-state index contributed by atoms with van der Waals surface area (Å²) in [7, 11) is -9.28. The van der Waals surface area contributed by atoms with Crippen molar-refractivity contribution < 1.29 is 28.7 Å². The summed E-state index contributed by atoms with van der Waals surface area (Å²) in [5.41, 5.74) is 0. The zero-order valence-corrected chi connectivity index (χ0v) is 6.87. The van der Waals surface area contributed by atoms with Crippen molar-refractivity contribution in [2.24, 2.45) is 0 Å². The van der Waals surface area contributed by atoms with Crippen molar-refractivity contribution in [2.75, 3.05) is 0 Å². The zero-order chi connectivity index (χ0) is 8.58. The molecule has 0 aromatic carbocycles. The third-order valence-corrected chi connectivity index (χ3v) is 4.73. The normalized spacial score (nSPS) is 12.9. The van der Waals surface area contributed by atoms with Crippen molar-refractivity contribution in [1.82, 2.24) is 0 Å². The maximum absolute atomic E-state index is 10.2. The standard InChI is InChI=1S/C2H8O6P2.Ca.2H/c1-2(9(3,4)5)10(6,7)8;;;/h2H,1H3,(H2,3,4,5)(H2,6,7,8);;;. The molecule has 0 amide bonds. The first-order chi connectivity index (χ1) is 4.15. The molecular weight excluding hydrogens is 222 g/mol. The molecule has 0 aromatic rings. The van der Waals surface area contributed by atoms with Gasteiger partial charge in [0.1, 0.15) is 0 Å². The van der Waals surface area contributed by atoms with Crippen LogP contribution in [0.5, 0.6) is 0 Å². The summed E-state index contributed by atoms with van der Waals surface area (Å²) in [5, 5.41) is -1.90. The maximum atomic E-state index is 10.2. The predicted molar refractivity (Wildman–Crippen MR) is 42.1 cm³/mol. The fraction of sp³-hybridized carbons (Fsp3) is 1.00. The molecule has 0 radical (unpaired) electrons. The minimum absolute atomic E-state index is 0. The van der Waals surface area contributed by atoms with Crippen molar-refractivity contribution in [3.05, 3.63) is 0 Å². The van der Waals surface area contributed by atoms with E-state index in [0.717, 1.165) is 6.92 Å². The second-order valence-corrected chi connectivity index (χ2v) is 6.12. The van der Waals surface area contributed by atoms with Gasteiger partial charge < -0.3 is 19.6 Å². The Balaban J connectivity index is 0. The zero-order valence-electron chi connectivity index (χ0n) is 5.08. The van der Waals surface area contributed by atoms with E-state index in [1.54, 1.807) is 0 Å². The Bertz CT molecular complexity index is 181. The van der Waals surface area contributed by atoms with Gasteiger partial charge in [0.15, 0.2) is 5.40 Å². The van der Waals surface area contributed by atoms with Crippen molar-refractivity contribution in [2.45, 2.75) is 12.3 Å².